The summed E-state index contributed by atoms with van der Waals surface area (Å²) in [5.74, 6) is -0.735. The minimum atomic E-state index is -0.552. The molecule has 0 heterocycles. The van der Waals surface area contributed by atoms with Crippen LogP contribution in [0.3, 0.4) is 0 Å². The summed E-state index contributed by atoms with van der Waals surface area (Å²) >= 11 is 5.97. The third-order valence-corrected chi connectivity index (χ3v) is 4.09. The molecule has 0 unspecified atom stereocenters. The lowest BCUT2D eigenvalue weighted by Gasteiger charge is -2.11. The second-order valence-corrected chi connectivity index (χ2v) is 6.43. The van der Waals surface area contributed by atoms with Crippen molar-refractivity contribution in [1.82, 2.24) is 0 Å². The molecule has 154 valence electrons. The monoisotopic (exact) mass is 418 g/mol. The van der Waals surface area contributed by atoms with Gasteiger partial charge in [0.25, 0.3) is 5.91 Å². The first kappa shape index (κ1) is 22.2. The van der Waals surface area contributed by atoms with E-state index < -0.39 is 18.5 Å². The van der Waals surface area contributed by atoms with E-state index in [4.69, 9.17) is 21.1 Å². The van der Waals surface area contributed by atoms with Crippen LogP contribution in [-0.2, 0) is 19.1 Å². The molecule has 8 heteroatoms. The summed E-state index contributed by atoms with van der Waals surface area (Å²) in [5.41, 5.74) is 1.03. The molecule has 0 aromatic heterocycles. The minimum absolute atomic E-state index is 0.0265. The Bertz CT molecular complexity index is 856. The van der Waals surface area contributed by atoms with Crippen LogP contribution in [0.1, 0.15) is 26.2 Å². The van der Waals surface area contributed by atoms with Crippen LogP contribution in [-0.4, -0.2) is 31.0 Å². The van der Waals surface area contributed by atoms with Crippen LogP contribution in [0.5, 0.6) is 5.75 Å². The van der Waals surface area contributed by atoms with E-state index in [-0.39, 0.29) is 18.7 Å². The van der Waals surface area contributed by atoms with Gasteiger partial charge in [-0.25, -0.2) is 0 Å². The SMILES string of the molecule is CCOc1ccccc1NC(=O)COC(=O)CCCC(=O)Nc1ccccc1Cl. The molecule has 0 spiro atoms. The first-order chi connectivity index (χ1) is 14.0. The average Bonchev–Trinajstić information content (AvgIpc) is 2.70. The Morgan fingerprint density at radius 1 is 0.897 bits per heavy atom. The van der Waals surface area contributed by atoms with Gasteiger partial charge in [-0.05, 0) is 37.6 Å². The largest absolute Gasteiger partial charge is 0.492 e. The molecule has 0 saturated carbocycles. The summed E-state index contributed by atoms with van der Waals surface area (Å²) in [6.07, 6.45) is 0.455. The summed E-state index contributed by atoms with van der Waals surface area (Å²) in [6.45, 7) is 1.89. The van der Waals surface area contributed by atoms with Crippen LogP contribution >= 0.6 is 11.6 Å². The fourth-order valence-corrected chi connectivity index (χ4v) is 2.61. The molecule has 0 bridgehead atoms. The molecule has 0 saturated heterocycles. The molecule has 2 aromatic rings. The van der Waals surface area contributed by atoms with E-state index in [1.165, 1.54) is 0 Å². The first-order valence-electron chi connectivity index (χ1n) is 9.21. The van der Waals surface area contributed by atoms with Gasteiger partial charge in [0.2, 0.25) is 5.91 Å². The maximum absolute atomic E-state index is 12.0. The molecule has 29 heavy (non-hydrogen) atoms. The lowest BCUT2D eigenvalue weighted by atomic mass is 10.2. The van der Waals surface area contributed by atoms with Gasteiger partial charge in [0.15, 0.2) is 6.61 Å². The molecule has 0 aliphatic heterocycles. The molecule has 0 fully saturated rings. The van der Waals surface area contributed by atoms with Gasteiger partial charge >= 0.3 is 5.97 Å². The summed E-state index contributed by atoms with van der Waals surface area (Å²) in [7, 11) is 0. The van der Waals surface area contributed by atoms with Gasteiger partial charge < -0.3 is 20.1 Å². The van der Waals surface area contributed by atoms with Gasteiger partial charge in [0.1, 0.15) is 5.75 Å². The fourth-order valence-electron chi connectivity index (χ4n) is 2.42. The number of nitrogens with one attached hydrogen (secondary N) is 2. The topological polar surface area (TPSA) is 93.7 Å². The number of hydrogen-bond acceptors (Lipinski definition) is 5. The van der Waals surface area contributed by atoms with E-state index in [9.17, 15) is 14.4 Å². The van der Waals surface area contributed by atoms with Crippen LogP contribution in [0.25, 0.3) is 0 Å². The molecule has 2 N–H and O–H groups in total. The van der Waals surface area contributed by atoms with Crippen molar-refractivity contribution in [3.8, 4) is 5.75 Å². The van der Waals surface area contributed by atoms with E-state index in [2.05, 4.69) is 10.6 Å². The Labute approximate surface area is 174 Å². The van der Waals surface area contributed by atoms with Gasteiger partial charge in [-0.3, -0.25) is 14.4 Å². The first-order valence-corrected chi connectivity index (χ1v) is 9.59. The van der Waals surface area contributed by atoms with E-state index >= 15 is 0 Å². The third-order valence-electron chi connectivity index (χ3n) is 3.76. The highest BCUT2D eigenvalue weighted by Crippen LogP contribution is 2.23. The number of ether oxygens (including phenoxy) is 2. The van der Waals surface area contributed by atoms with Crippen molar-refractivity contribution in [1.29, 1.82) is 0 Å². The highest BCUT2D eigenvalue weighted by Gasteiger charge is 2.12. The quantitative estimate of drug-likeness (QED) is 0.568. The zero-order valence-corrected chi connectivity index (χ0v) is 16.8. The Balaban J connectivity index is 1.67. The van der Waals surface area contributed by atoms with E-state index in [0.717, 1.165) is 0 Å². The van der Waals surface area contributed by atoms with Crippen LogP contribution < -0.4 is 15.4 Å². The number of halogens is 1. The molecule has 0 aliphatic carbocycles. The Kier molecular flexibility index (Phi) is 8.98. The van der Waals surface area contributed by atoms with Crippen molar-refractivity contribution in [3.63, 3.8) is 0 Å². The highest BCUT2D eigenvalue weighted by atomic mass is 35.5. The number of hydrogen-bond donors (Lipinski definition) is 2. The molecular weight excluding hydrogens is 396 g/mol. The maximum Gasteiger partial charge on any atom is 0.306 e. The summed E-state index contributed by atoms with van der Waals surface area (Å²) < 4.78 is 10.4. The smallest absolute Gasteiger partial charge is 0.306 e. The number of para-hydroxylation sites is 3. The summed E-state index contributed by atoms with van der Waals surface area (Å²) in [6, 6.07) is 13.9. The molecule has 0 atom stereocenters. The van der Waals surface area contributed by atoms with Gasteiger partial charge in [0.05, 0.1) is 23.0 Å². The zero-order valence-electron chi connectivity index (χ0n) is 16.1. The predicted molar refractivity (Wildman–Crippen MR) is 111 cm³/mol. The highest BCUT2D eigenvalue weighted by molar-refractivity contribution is 6.33. The number of amides is 2. The Morgan fingerprint density at radius 3 is 2.28 bits per heavy atom. The number of carbonyl (C=O) groups excluding carboxylic acids is 3. The van der Waals surface area contributed by atoms with Gasteiger partial charge in [-0.2, -0.15) is 0 Å². The molecule has 2 amide bonds. The molecule has 2 aromatic carbocycles. The average molecular weight is 419 g/mol. The van der Waals surface area contributed by atoms with E-state index in [1.54, 1.807) is 48.5 Å². The van der Waals surface area contributed by atoms with Crippen molar-refractivity contribution in [2.75, 3.05) is 23.8 Å². The minimum Gasteiger partial charge on any atom is -0.492 e. The summed E-state index contributed by atoms with van der Waals surface area (Å²) in [5, 5.41) is 5.76. The lowest BCUT2D eigenvalue weighted by Crippen LogP contribution is -2.21. The van der Waals surface area contributed by atoms with Gasteiger partial charge in [-0.15, -0.1) is 0 Å². The second kappa shape index (κ2) is 11.7. The number of anilines is 2. The lowest BCUT2D eigenvalue weighted by molar-refractivity contribution is -0.147. The zero-order chi connectivity index (χ0) is 21.1. The summed E-state index contributed by atoms with van der Waals surface area (Å²) in [4.78, 5) is 35.7. The predicted octanol–water partition coefficient (Wildman–Crippen LogP) is 4.03. The van der Waals surface area contributed by atoms with Gasteiger partial charge in [0, 0.05) is 12.8 Å². The van der Waals surface area contributed by atoms with Crippen molar-refractivity contribution in [2.45, 2.75) is 26.2 Å². The number of benzene rings is 2. The fraction of sp³-hybridized carbons (Fsp3) is 0.286. The van der Waals surface area contributed by atoms with E-state index in [1.807, 2.05) is 6.92 Å². The molecular formula is C21H23ClN2O5. The van der Waals surface area contributed by atoms with Crippen LogP contribution in [0.2, 0.25) is 5.02 Å². The van der Waals surface area contributed by atoms with Crippen molar-refractivity contribution in [3.05, 3.63) is 53.6 Å². The third kappa shape index (κ3) is 7.83. The number of carbonyl (C=O) groups is 3. The standard InChI is InChI=1S/C21H23ClN2O5/c1-2-28-18-11-6-5-10-17(18)24-20(26)14-29-21(27)13-7-12-19(25)23-16-9-4-3-8-15(16)22/h3-6,8-11H,2,7,12-14H2,1H3,(H,23,25)(H,24,26). The number of esters is 1. The molecule has 2 rings (SSSR count). The molecule has 7 nitrogen and oxygen atoms in total. The maximum atomic E-state index is 12.0. The van der Waals surface area contributed by atoms with Crippen molar-refractivity contribution >= 4 is 40.8 Å². The van der Waals surface area contributed by atoms with Crippen LogP contribution in [0.15, 0.2) is 48.5 Å². The van der Waals surface area contributed by atoms with Crippen LogP contribution in [0.4, 0.5) is 11.4 Å². The normalized spacial score (nSPS) is 10.1. The van der Waals surface area contributed by atoms with Gasteiger partial charge in [-0.1, -0.05) is 35.9 Å². The molecule has 0 aliphatic rings. The Morgan fingerprint density at radius 2 is 1.55 bits per heavy atom. The van der Waals surface area contributed by atoms with Crippen LogP contribution in [0, 0.1) is 0 Å². The Hall–Kier alpha value is -3.06. The van der Waals surface area contributed by atoms with E-state index in [0.29, 0.717) is 35.2 Å². The van der Waals surface area contributed by atoms with Crippen molar-refractivity contribution < 1.29 is 23.9 Å². The molecule has 0 radical (unpaired) electrons. The second-order valence-electron chi connectivity index (χ2n) is 6.02. The number of rotatable bonds is 10. The van der Waals surface area contributed by atoms with Crippen molar-refractivity contribution in [2.24, 2.45) is 0 Å².